The number of ether oxygens (including phenoxy) is 1. The van der Waals surface area contributed by atoms with Gasteiger partial charge in [0.05, 0.1) is 6.10 Å². The number of aliphatic imine (C=N–C) groups is 1. The summed E-state index contributed by atoms with van der Waals surface area (Å²) in [5.41, 5.74) is 9.50. The average Bonchev–Trinajstić information content (AvgIpc) is 2.81. The molecule has 2 aromatic carbocycles. The first-order valence-corrected chi connectivity index (χ1v) is 11.6. The second-order valence-electron chi connectivity index (χ2n) is 8.23. The Morgan fingerprint density at radius 1 is 1.21 bits per heavy atom. The first kappa shape index (κ1) is 26.6. The van der Waals surface area contributed by atoms with Gasteiger partial charge in [0.25, 0.3) is 5.91 Å². The van der Waals surface area contributed by atoms with Crippen molar-refractivity contribution in [3.05, 3.63) is 63.7 Å². The van der Waals surface area contributed by atoms with Crippen LogP contribution in [0.1, 0.15) is 65.0 Å². The van der Waals surface area contributed by atoms with Crippen LogP contribution in [-0.2, 0) is 4.74 Å². The molecule has 33 heavy (non-hydrogen) atoms. The molecule has 0 saturated carbocycles. The quantitative estimate of drug-likeness (QED) is 0.255. The summed E-state index contributed by atoms with van der Waals surface area (Å²) >= 11 is 5.89. The molecule has 0 bridgehead atoms. The maximum Gasteiger partial charge on any atom is 0.251 e. The number of nitrogens with zero attached hydrogens (tertiary/aromatic N) is 1. The third kappa shape index (κ3) is 7.98. The summed E-state index contributed by atoms with van der Waals surface area (Å²) in [6.45, 7) is 6.87. The summed E-state index contributed by atoms with van der Waals surface area (Å²) in [6, 6.07) is 10.4. The van der Waals surface area contributed by atoms with Crippen LogP contribution in [0.15, 0.2) is 41.4 Å². The third-order valence-electron chi connectivity index (χ3n) is 5.85. The first-order chi connectivity index (χ1) is 15.8. The van der Waals surface area contributed by atoms with Crippen LogP contribution in [0.25, 0.3) is 0 Å². The van der Waals surface area contributed by atoms with Crippen molar-refractivity contribution >= 4 is 35.2 Å². The summed E-state index contributed by atoms with van der Waals surface area (Å²) < 4.78 is 5.18. The Bertz CT molecular complexity index is 973. The fraction of sp³-hybridized carbons (Fsp3) is 0.423. The van der Waals surface area contributed by atoms with Crippen molar-refractivity contribution in [3.63, 3.8) is 0 Å². The second-order valence-corrected chi connectivity index (χ2v) is 8.67. The van der Waals surface area contributed by atoms with E-state index in [2.05, 4.69) is 17.2 Å². The lowest BCUT2D eigenvalue weighted by Crippen LogP contribution is -2.32. The van der Waals surface area contributed by atoms with Crippen LogP contribution in [0.5, 0.6) is 0 Å². The van der Waals surface area contributed by atoms with Crippen molar-refractivity contribution in [2.45, 2.75) is 46.1 Å². The molecular formula is C26H34ClN3O3. The molecule has 0 spiro atoms. The number of Topliss-reactive ketones (excluding diaryl/α,β-unsaturated/α-hetero) is 1. The van der Waals surface area contributed by atoms with Crippen molar-refractivity contribution in [1.29, 1.82) is 0 Å². The number of hydrogen-bond donors (Lipinski definition) is 2. The molecule has 0 aliphatic carbocycles. The van der Waals surface area contributed by atoms with E-state index in [1.54, 1.807) is 49.7 Å². The van der Waals surface area contributed by atoms with Gasteiger partial charge in [-0.25, -0.2) is 0 Å². The Morgan fingerprint density at radius 2 is 1.91 bits per heavy atom. The highest BCUT2D eigenvalue weighted by molar-refractivity contribution is 6.30. The molecule has 0 heterocycles. The zero-order chi connectivity index (χ0) is 24.4. The number of halogens is 1. The molecule has 0 aliphatic rings. The predicted molar refractivity (Wildman–Crippen MR) is 136 cm³/mol. The molecule has 1 amide bonds. The minimum absolute atomic E-state index is 0.0679. The molecule has 2 aromatic rings. The van der Waals surface area contributed by atoms with Gasteiger partial charge in [0.1, 0.15) is 0 Å². The van der Waals surface area contributed by atoms with E-state index >= 15 is 0 Å². The number of nitrogen functional groups attached to an aromatic ring is 1. The topological polar surface area (TPSA) is 93.8 Å². The molecule has 0 aliphatic heterocycles. The second kappa shape index (κ2) is 13.1. The third-order valence-corrected chi connectivity index (χ3v) is 6.10. The number of amides is 1. The number of carbonyl (C=O) groups excluding carboxylic acids is 2. The van der Waals surface area contributed by atoms with Gasteiger partial charge in [0.15, 0.2) is 5.78 Å². The van der Waals surface area contributed by atoms with Gasteiger partial charge in [0, 0.05) is 60.2 Å². The van der Waals surface area contributed by atoms with Gasteiger partial charge in [-0.1, -0.05) is 24.9 Å². The number of rotatable bonds is 12. The van der Waals surface area contributed by atoms with Crippen LogP contribution < -0.4 is 11.1 Å². The molecule has 0 saturated heterocycles. The van der Waals surface area contributed by atoms with E-state index in [0.29, 0.717) is 41.3 Å². The smallest absolute Gasteiger partial charge is 0.251 e. The van der Waals surface area contributed by atoms with Crippen LogP contribution in [-0.4, -0.2) is 44.2 Å². The minimum Gasteiger partial charge on any atom is -0.398 e. The van der Waals surface area contributed by atoms with Crippen molar-refractivity contribution < 1.29 is 14.3 Å². The lowest BCUT2D eigenvalue weighted by molar-refractivity contribution is 0.0869. The Labute approximate surface area is 201 Å². The van der Waals surface area contributed by atoms with Crippen molar-refractivity contribution in [2.24, 2.45) is 10.9 Å². The fourth-order valence-corrected chi connectivity index (χ4v) is 3.54. The van der Waals surface area contributed by atoms with Crippen molar-refractivity contribution in [2.75, 3.05) is 25.9 Å². The number of methoxy groups -OCH3 is 1. The van der Waals surface area contributed by atoms with Crippen molar-refractivity contribution in [3.8, 4) is 0 Å². The number of anilines is 1. The highest BCUT2D eigenvalue weighted by atomic mass is 35.5. The summed E-state index contributed by atoms with van der Waals surface area (Å²) in [6.07, 6.45) is 3.81. The SMILES string of the molecule is CCC(CCC(=O)c1ccc(Cl)cc1)CN=Cc1c(N)ccc(C(=O)NCC(C)OC)c1C. The summed E-state index contributed by atoms with van der Waals surface area (Å²) in [5.74, 6) is 0.218. The van der Waals surface area contributed by atoms with Crippen LogP contribution in [0.4, 0.5) is 5.69 Å². The molecular weight excluding hydrogens is 438 g/mol. The molecule has 0 fully saturated rings. The van der Waals surface area contributed by atoms with E-state index in [1.165, 1.54) is 0 Å². The normalized spacial score (nSPS) is 13.1. The maximum absolute atomic E-state index is 12.6. The molecule has 2 rings (SSSR count). The maximum atomic E-state index is 12.6. The number of carbonyl (C=O) groups is 2. The van der Waals surface area contributed by atoms with Gasteiger partial charge < -0.3 is 15.8 Å². The van der Waals surface area contributed by atoms with Gasteiger partial charge in [-0.3, -0.25) is 14.6 Å². The molecule has 3 N–H and O–H groups in total. The zero-order valence-electron chi connectivity index (χ0n) is 19.9. The Hall–Kier alpha value is -2.70. The summed E-state index contributed by atoms with van der Waals surface area (Å²) in [5, 5.41) is 3.49. The molecule has 178 valence electrons. The standard InChI is InChI=1S/C26H34ClN3O3/c1-5-19(6-13-25(31)20-7-9-21(27)10-8-20)15-29-16-23-18(3)22(11-12-24(23)28)26(32)30-14-17(2)33-4/h7-12,16-17,19H,5-6,13-15,28H2,1-4H3,(H,30,32). The van der Waals surface area contributed by atoms with E-state index in [9.17, 15) is 9.59 Å². The molecule has 6 nitrogen and oxygen atoms in total. The number of nitrogens with one attached hydrogen (secondary N) is 1. The van der Waals surface area contributed by atoms with Crippen LogP contribution >= 0.6 is 11.6 Å². The predicted octanol–water partition coefficient (Wildman–Crippen LogP) is 5.10. The van der Waals surface area contributed by atoms with E-state index in [-0.39, 0.29) is 23.7 Å². The molecule has 2 atom stereocenters. The average molecular weight is 472 g/mol. The lowest BCUT2D eigenvalue weighted by Gasteiger charge is -2.14. The Balaban J connectivity index is 1.99. The van der Waals surface area contributed by atoms with E-state index in [1.807, 2.05) is 13.8 Å². The van der Waals surface area contributed by atoms with Crippen molar-refractivity contribution in [1.82, 2.24) is 5.32 Å². The van der Waals surface area contributed by atoms with E-state index in [0.717, 1.165) is 24.0 Å². The molecule has 7 heteroatoms. The van der Waals surface area contributed by atoms with Gasteiger partial charge in [-0.2, -0.15) is 0 Å². The highest BCUT2D eigenvalue weighted by Gasteiger charge is 2.15. The first-order valence-electron chi connectivity index (χ1n) is 11.2. The number of ketones is 1. The Morgan fingerprint density at radius 3 is 2.55 bits per heavy atom. The monoisotopic (exact) mass is 471 g/mol. The number of hydrogen-bond acceptors (Lipinski definition) is 5. The zero-order valence-corrected chi connectivity index (χ0v) is 20.6. The number of benzene rings is 2. The largest absolute Gasteiger partial charge is 0.398 e. The summed E-state index contributed by atoms with van der Waals surface area (Å²) in [7, 11) is 1.61. The van der Waals surface area contributed by atoms with Crippen LogP contribution in [0.2, 0.25) is 5.02 Å². The minimum atomic E-state index is -0.168. The Kier molecular flexibility index (Phi) is 10.6. The lowest BCUT2D eigenvalue weighted by atomic mass is 9.96. The van der Waals surface area contributed by atoms with Gasteiger partial charge in [-0.05, 0) is 68.1 Å². The van der Waals surface area contributed by atoms with Gasteiger partial charge in [-0.15, -0.1) is 0 Å². The van der Waals surface area contributed by atoms with Gasteiger partial charge >= 0.3 is 0 Å². The van der Waals surface area contributed by atoms with E-state index in [4.69, 9.17) is 22.1 Å². The molecule has 0 radical (unpaired) electrons. The summed E-state index contributed by atoms with van der Waals surface area (Å²) in [4.78, 5) is 29.6. The number of nitrogens with two attached hydrogens (primary N) is 1. The van der Waals surface area contributed by atoms with Crippen LogP contribution in [0, 0.1) is 12.8 Å². The fourth-order valence-electron chi connectivity index (χ4n) is 3.41. The molecule has 2 unspecified atom stereocenters. The highest BCUT2D eigenvalue weighted by Crippen LogP contribution is 2.20. The van der Waals surface area contributed by atoms with Gasteiger partial charge in [0.2, 0.25) is 0 Å². The van der Waals surface area contributed by atoms with E-state index < -0.39 is 0 Å². The van der Waals surface area contributed by atoms with Crippen LogP contribution in [0.3, 0.4) is 0 Å². The molecule has 0 aromatic heterocycles.